The standard InChI is InChI=1S/C13H25N3/c1-5-8-16(9-7-12(3)6-2)13-10-14-15(4)11-13/h10-12H,5-9H2,1-4H3. The molecule has 0 aliphatic heterocycles. The Balaban J connectivity index is 2.53. The van der Waals surface area contributed by atoms with E-state index in [4.69, 9.17) is 0 Å². The smallest absolute Gasteiger partial charge is 0.0752 e. The maximum atomic E-state index is 4.24. The Morgan fingerprint density at radius 2 is 2.12 bits per heavy atom. The van der Waals surface area contributed by atoms with E-state index in [1.807, 2.05) is 17.9 Å². The Morgan fingerprint density at radius 1 is 1.38 bits per heavy atom. The van der Waals surface area contributed by atoms with Gasteiger partial charge in [-0.05, 0) is 18.8 Å². The summed E-state index contributed by atoms with van der Waals surface area (Å²) in [7, 11) is 1.97. The third kappa shape index (κ3) is 3.87. The number of rotatable bonds is 7. The highest BCUT2D eigenvalue weighted by molar-refractivity contribution is 5.41. The molecule has 0 fully saturated rings. The first-order chi connectivity index (χ1) is 7.67. The fourth-order valence-electron chi connectivity index (χ4n) is 1.79. The summed E-state index contributed by atoms with van der Waals surface area (Å²) < 4.78 is 1.88. The van der Waals surface area contributed by atoms with Crippen LogP contribution in [0.3, 0.4) is 0 Å². The van der Waals surface area contributed by atoms with Crippen molar-refractivity contribution in [3.05, 3.63) is 12.4 Å². The van der Waals surface area contributed by atoms with Gasteiger partial charge in [0.25, 0.3) is 0 Å². The second kappa shape index (κ2) is 6.56. The molecule has 0 aromatic carbocycles. The zero-order valence-electron chi connectivity index (χ0n) is 11.1. The summed E-state index contributed by atoms with van der Waals surface area (Å²) in [5.41, 5.74) is 1.26. The fourth-order valence-corrected chi connectivity index (χ4v) is 1.79. The van der Waals surface area contributed by atoms with Gasteiger partial charge in [0, 0.05) is 26.3 Å². The maximum absolute atomic E-state index is 4.24. The molecular weight excluding hydrogens is 198 g/mol. The molecule has 92 valence electrons. The van der Waals surface area contributed by atoms with Crippen molar-refractivity contribution in [1.29, 1.82) is 0 Å². The van der Waals surface area contributed by atoms with Gasteiger partial charge in [0.1, 0.15) is 0 Å². The van der Waals surface area contributed by atoms with E-state index in [0.29, 0.717) is 0 Å². The second-order valence-electron chi connectivity index (χ2n) is 4.66. The molecule has 1 atom stereocenters. The third-order valence-electron chi connectivity index (χ3n) is 3.14. The van der Waals surface area contributed by atoms with Crippen LogP contribution < -0.4 is 4.90 Å². The molecule has 1 aromatic heterocycles. The maximum Gasteiger partial charge on any atom is 0.0752 e. The van der Waals surface area contributed by atoms with Crippen molar-refractivity contribution < 1.29 is 0 Å². The Labute approximate surface area is 99.4 Å². The molecule has 16 heavy (non-hydrogen) atoms. The number of aromatic nitrogens is 2. The molecule has 0 N–H and O–H groups in total. The van der Waals surface area contributed by atoms with Gasteiger partial charge >= 0.3 is 0 Å². The van der Waals surface area contributed by atoms with Crippen LogP contribution >= 0.6 is 0 Å². The highest BCUT2D eigenvalue weighted by Gasteiger charge is 2.08. The van der Waals surface area contributed by atoms with Gasteiger partial charge < -0.3 is 4.90 Å². The molecule has 0 spiro atoms. The van der Waals surface area contributed by atoms with Crippen LogP contribution in [0.5, 0.6) is 0 Å². The minimum absolute atomic E-state index is 0.816. The average Bonchev–Trinajstić information content (AvgIpc) is 2.70. The van der Waals surface area contributed by atoms with E-state index >= 15 is 0 Å². The molecule has 1 rings (SSSR count). The summed E-state index contributed by atoms with van der Waals surface area (Å²) in [6, 6.07) is 0. The number of hydrogen-bond donors (Lipinski definition) is 0. The normalized spacial score (nSPS) is 12.8. The van der Waals surface area contributed by atoms with Crippen LogP contribution in [0, 0.1) is 5.92 Å². The van der Waals surface area contributed by atoms with Gasteiger partial charge in [-0.2, -0.15) is 5.10 Å². The zero-order valence-corrected chi connectivity index (χ0v) is 11.1. The van der Waals surface area contributed by atoms with Crippen LogP contribution in [0.1, 0.15) is 40.0 Å². The molecule has 3 nitrogen and oxygen atoms in total. The molecule has 0 amide bonds. The quantitative estimate of drug-likeness (QED) is 0.708. The SMILES string of the molecule is CCCN(CCC(C)CC)c1cnn(C)c1. The topological polar surface area (TPSA) is 21.1 Å². The van der Waals surface area contributed by atoms with Gasteiger partial charge in [0.15, 0.2) is 0 Å². The Hall–Kier alpha value is -0.990. The van der Waals surface area contributed by atoms with Crippen molar-refractivity contribution in [3.8, 4) is 0 Å². The first kappa shape index (κ1) is 13.1. The fraction of sp³-hybridized carbons (Fsp3) is 0.769. The second-order valence-corrected chi connectivity index (χ2v) is 4.66. The third-order valence-corrected chi connectivity index (χ3v) is 3.14. The zero-order chi connectivity index (χ0) is 12.0. The average molecular weight is 223 g/mol. The highest BCUT2D eigenvalue weighted by Crippen LogP contribution is 2.15. The molecule has 1 heterocycles. The van der Waals surface area contributed by atoms with Crippen molar-refractivity contribution in [2.45, 2.75) is 40.0 Å². The van der Waals surface area contributed by atoms with E-state index in [1.165, 1.54) is 24.9 Å². The van der Waals surface area contributed by atoms with Crippen molar-refractivity contribution in [2.24, 2.45) is 13.0 Å². The van der Waals surface area contributed by atoms with Gasteiger partial charge in [-0.25, -0.2) is 0 Å². The van der Waals surface area contributed by atoms with E-state index in [9.17, 15) is 0 Å². The van der Waals surface area contributed by atoms with Crippen LogP contribution in [0.2, 0.25) is 0 Å². The summed E-state index contributed by atoms with van der Waals surface area (Å²) in [4.78, 5) is 2.44. The van der Waals surface area contributed by atoms with Crippen LogP contribution in [-0.4, -0.2) is 22.9 Å². The Kier molecular flexibility index (Phi) is 5.36. The number of nitrogens with zero attached hydrogens (tertiary/aromatic N) is 3. The number of hydrogen-bond acceptors (Lipinski definition) is 2. The van der Waals surface area contributed by atoms with Gasteiger partial charge in [-0.15, -0.1) is 0 Å². The summed E-state index contributed by atoms with van der Waals surface area (Å²) in [5, 5.41) is 4.24. The van der Waals surface area contributed by atoms with E-state index in [2.05, 4.69) is 37.0 Å². The van der Waals surface area contributed by atoms with Crippen molar-refractivity contribution in [1.82, 2.24) is 9.78 Å². The highest BCUT2D eigenvalue weighted by atomic mass is 15.3. The van der Waals surface area contributed by atoms with E-state index in [1.54, 1.807) is 0 Å². The minimum atomic E-state index is 0.816. The number of anilines is 1. The van der Waals surface area contributed by atoms with Gasteiger partial charge in [-0.3, -0.25) is 4.68 Å². The molecule has 0 saturated carbocycles. The Bertz CT molecular complexity index is 293. The lowest BCUT2D eigenvalue weighted by molar-refractivity contribution is 0.510. The predicted octanol–water partition coefficient (Wildman–Crippen LogP) is 3.07. The van der Waals surface area contributed by atoms with Gasteiger partial charge in [0.2, 0.25) is 0 Å². The first-order valence-corrected chi connectivity index (χ1v) is 6.41. The predicted molar refractivity (Wildman–Crippen MR) is 69.8 cm³/mol. The van der Waals surface area contributed by atoms with Gasteiger partial charge in [-0.1, -0.05) is 27.2 Å². The van der Waals surface area contributed by atoms with Crippen molar-refractivity contribution >= 4 is 5.69 Å². The van der Waals surface area contributed by atoms with Crippen LogP contribution in [0.15, 0.2) is 12.4 Å². The largest absolute Gasteiger partial charge is 0.369 e. The summed E-state index contributed by atoms with van der Waals surface area (Å²) in [6.07, 6.45) is 7.80. The molecule has 0 saturated heterocycles. The molecular formula is C13H25N3. The van der Waals surface area contributed by atoms with E-state index in [0.717, 1.165) is 19.0 Å². The number of aryl methyl sites for hydroxylation is 1. The summed E-state index contributed by atoms with van der Waals surface area (Å²) in [6.45, 7) is 9.09. The van der Waals surface area contributed by atoms with Crippen LogP contribution in [0.25, 0.3) is 0 Å². The first-order valence-electron chi connectivity index (χ1n) is 6.41. The molecule has 0 aliphatic rings. The lowest BCUT2D eigenvalue weighted by Gasteiger charge is -2.23. The molecule has 0 bridgehead atoms. The monoisotopic (exact) mass is 223 g/mol. The summed E-state index contributed by atoms with van der Waals surface area (Å²) in [5.74, 6) is 0.816. The van der Waals surface area contributed by atoms with Crippen molar-refractivity contribution in [2.75, 3.05) is 18.0 Å². The molecule has 1 unspecified atom stereocenters. The molecule has 0 radical (unpaired) electrons. The van der Waals surface area contributed by atoms with Crippen molar-refractivity contribution in [3.63, 3.8) is 0 Å². The lowest BCUT2D eigenvalue weighted by atomic mass is 10.1. The van der Waals surface area contributed by atoms with Crippen LogP contribution in [0.4, 0.5) is 5.69 Å². The molecule has 0 aliphatic carbocycles. The summed E-state index contributed by atoms with van der Waals surface area (Å²) >= 11 is 0. The minimum Gasteiger partial charge on any atom is -0.369 e. The molecule has 1 aromatic rings. The Morgan fingerprint density at radius 3 is 2.62 bits per heavy atom. The van der Waals surface area contributed by atoms with Gasteiger partial charge in [0.05, 0.1) is 11.9 Å². The van der Waals surface area contributed by atoms with E-state index in [-0.39, 0.29) is 0 Å². The van der Waals surface area contributed by atoms with E-state index < -0.39 is 0 Å². The van der Waals surface area contributed by atoms with Crippen LogP contribution in [-0.2, 0) is 7.05 Å². The lowest BCUT2D eigenvalue weighted by Crippen LogP contribution is -2.26. The molecule has 3 heteroatoms.